The molecule has 0 fully saturated rings. The van der Waals surface area contributed by atoms with Gasteiger partial charge in [-0.3, -0.25) is 9.59 Å². The molecule has 0 saturated heterocycles. The number of hydrogen-bond acceptors (Lipinski definition) is 2. The summed E-state index contributed by atoms with van der Waals surface area (Å²) in [5, 5.41) is 5.15. The second kappa shape index (κ2) is 11.5. The van der Waals surface area contributed by atoms with Crippen LogP contribution in [0.15, 0.2) is 84.9 Å². The molecule has 0 saturated carbocycles. The zero-order valence-electron chi connectivity index (χ0n) is 22.4. The Morgan fingerprint density at radius 3 is 1.67 bits per heavy atom. The van der Waals surface area contributed by atoms with Crippen molar-refractivity contribution < 1.29 is 44.7 Å². The van der Waals surface area contributed by atoms with Gasteiger partial charge in [0.1, 0.15) is 5.82 Å². The standard InChI is InChI=1S/C31H22F8N2O2/c1-17-14-23(29(33,31(37,38)39)21-8-10-22(11-9-21)30(34,35)36)15-18(2)26(17)41-28(43)20-4-3-5-25(16-20)40-27(42)19-6-12-24(32)13-7-19/h3-16H,1-2H3,(H,40,42)(H,41,43). The SMILES string of the molecule is Cc1cc(C(F)(c2ccc(C(F)(F)F)cc2)C(F)(F)F)cc(C)c1NC(=O)c1cccc(NC(=O)c2ccc(F)cc2)c1. The Morgan fingerprint density at radius 1 is 0.605 bits per heavy atom. The third-order valence-corrected chi connectivity index (χ3v) is 6.66. The molecule has 0 spiro atoms. The van der Waals surface area contributed by atoms with Gasteiger partial charge in [-0.1, -0.05) is 30.3 Å². The highest BCUT2D eigenvalue weighted by atomic mass is 19.4. The number of nitrogens with one attached hydrogen (secondary N) is 2. The lowest BCUT2D eigenvalue weighted by Gasteiger charge is -2.30. The van der Waals surface area contributed by atoms with E-state index >= 15 is 4.39 Å². The van der Waals surface area contributed by atoms with Crippen LogP contribution in [0.2, 0.25) is 0 Å². The molecule has 12 heteroatoms. The smallest absolute Gasteiger partial charge is 0.322 e. The summed E-state index contributed by atoms with van der Waals surface area (Å²) in [5.41, 5.74) is -6.62. The number of carbonyl (C=O) groups is 2. The van der Waals surface area contributed by atoms with Crippen molar-refractivity contribution in [3.63, 3.8) is 0 Å². The average molecular weight is 607 g/mol. The number of benzene rings is 4. The molecule has 0 radical (unpaired) electrons. The highest BCUT2D eigenvalue weighted by molar-refractivity contribution is 6.07. The first-order valence-corrected chi connectivity index (χ1v) is 12.5. The van der Waals surface area contributed by atoms with Gasteiger partial charge in [0.05, 0.1) is 5.56 Å². The van der Waals surface area contributed by atoms with Gasteiger partial charge < -0.3 is 10.6 Å². The number of carbonyl (C=O) groups excluding carboxylic acids is 2. The molecule has 4 nitrogen and oxygen atoms in total. The normalized spacial score (nSPS) is 13.3. The summed E-state index contributed by atoms with van der Waals surface area (Å²) in [6, 6.07) is 13.9. The number of amides is 2. The number of aryl methyl sites for hydroxylation is 2. The molecule has 0 aromatic heterocycles. The Labute approximate surface area is 240 Å². The second-order valence-corrected chi connectivity index (χ2v) is 9.71. The molecule has 2 N–H and O–H groups in total. The molecule has 2 amide bonds. The van der Waals surface area contributed by atoms with Gasteiger partial charge in [0, 0.05) is 33.6 Å². The van der Waals surface area contributed by atoms with E-state index in [-0.39, 0.29) is 33.6 Å². The van der Waals surface area contributed by atoms with Gasteiger partial charge >= 0.3 is 12.4 Å². The molecule has 224 valence electrons. The predicted molar refractivity (Wildman–Crippen MR) is 144 cm³/mol. The van der Waals surface area contributed by atoms with Gasteiger partial charge in [-0.2, -0.15) is 26.3 Å². The van der Waals surface area contributed by atoms with Crippen molar-refractivity contribution in [3.05, 3.63) is 130 Å². The molecule has 0 aliphatic carbocycles. The molecule has 0 bridgehead atoms. The van der Waals surface area contributed by atoms with Gasteiger partial charge in [0.2, 0.25) is 0 Å². The Balaban J connectivity index is 1.60. The van der Waals surface area contributed by atoms with E-state index in [1.54, 1.807) is 0 Å². The lowest BCUT2D eigenvalue weighted by molar-refractivity contribution is -0.219. The van der Waals surface area contributed by atoms with Crippen molar-refractivity contribution in [1.29, 1.82) is 0 Å². The summed E-state index contributed by atoms with van der Waals surface area (Å²) in [6.45, 7) is 2.68. The maximum Gasteiger partial charge on any atom is 0.431 e. The van der Waals surface area contributed by atoms with Crippen molar-refractivity contribution in [3.8, 4) is 0 Å². The first kappa shape index (κ1) is 31.2. The van der Waals surface area contributed by atoms with E-state index in [9.17, 15) is 40.3 Å². The number of hydrogen-bond donors (Lipinski definition) is 2. The lowest BCUT2D eigenvalue weighted by atomic mass is 9.85. The van der Waals surface area contributed by atoms with E-state index in [2.05, 4.69) is 10.6 Å². The Bertz CT molecular complexity index is 1640. The molecule has 1 unspecified atom stereocenters. The molecular formula is C31H22F8N2O2. The van der Waals surface area contributed by atoms with Gasteiger partial charge in [-0.25, -0.2) is 8.78 Å². The summed E-state index contributed by atoms with van der Waals surface area (Å²) < 4.78 is 110. The second-order valence-electron chi connectivity index (χ2n) is 9.71. The maximum atomic E-state index is 16.0. The molecule has 4 aromatic carbocycles. The third kappa shape index (κ3) is 6.52. The van der Waals surface area contributed by atoms with Gasteiger partial charge in [0.25, 0.3) is 17.5 Å². The Kier molecular flexibility index (Phi) is 8.35. The molecule has 4 rings (SSSR count). The van der Waals surface area contributed by atoms with E-state index in [1.807, 2.05) is 0 Å². The Morgan fingerprint density at radius 2 is 1.14 bits per heavy atom. The van der Waals surface area contributed by atoms with Crippen molar-refractivity contribution in [2.45, 2.75) is 31.9 Å². The monoisotopic (exact) mass is 606 g/mol. The van der Waals surface area contributed by atoms with E-state index in [0.29, 0.717) is 24.3 Å². The van der Waals surface area contributed by atoms with Crippen LogP contribution in [-0.2, 0) is 11.8 Å². The summed E-state index contributed by atoms with van der Waals surface area (Å²) in [5.74, 6) is -1.78. The minimum Gasteiger partial charge on any atom is -0.322 e. The first-order valence-electron chi connectivity index (χ1n) is 12.5. The Hall–Kier alpha value is -4.74. The molecule has 4 aromatic rings. The molecule has 0 aliphatic rings. The van der Waals surface area contributed by atoms with Crippen molar-refractivity contribution in [2.75, 3.05) is 10.6 Å². The van der Waals surface area contributed by atoms with Crippen LogP contribution in [0.25, 0.3) is 0 Å². The van der Waals surface area contributed by atoms with Gasteiger partial charge in [-0.15, -0.1) is 0 Å². The fourth-order valence-electron chi connectivity index (χ4n) is 4.47. The molecule has 0 aliphatic heterocycles. The minimum atomic E-state index is -5.53. The molecule has 43 heavy (non-hydrogen) atoms. The van der Waals surface area contributed by atoms with Crippen molar-refractivity contribution >= 4 is 23.2 Å². The number of rotatable bonds is 6. The van der Waals surface area contributed by atoms with E-state index < -0.39 is 52.3 Å². The van der Waals surface area contributed by atoms with E-state index in [4.69, 9.17) is 0 Å². The van der Waals surface area contributed by atoms with Crippen LogP contribution >= 0.6 is 0 Å². The summed E-state index contributed by atoms with van der Waals surface area (Å²) >= 11 is 0. The minimum absolute atomic E-state index is 0.0577. The molecular weight excluding hydrogens is 584 g/mol. The zero-order valence-corrected chi connectivity index (χ0v) is 22.4. The number of halogens is 8. The maximum absolute atomic E-state index is 16.0. The topological polar surface area (TPSA) is 58.2 Å². The van der Waals surface area contributed by atoms with E-state index in [0.717, 1.165) is 24.3 Å². The first-order chi connectivity index (χ1) is 20.0. The summed E-state index contributed by atoms with van der Waals surface area (Å²) in [7, 11) is 0. The van der Waals surface area contributed by atoms with Crippen LogP contribution in [0, 0.1) is 19.7 Å². The predicted octanol–water partition coefficient (Wildman–Crippen LogP) is 8.74. The van der Waals surface area contributed by atoms with Gasteiger partial charge in [-0.05, 0) is 79.6 Å². The summed E-state index contributed by atoms with van der Waals surface area (Å²) in [4.78, 5) is 25.5. The lowest BCUT2D eigenvalue weighted by Crippen LogP contribution is -2.39. The van der Waals surface area contributed by atoms with Crippen LogP contribution in [-0.4, -0.2) is 18.0 Å². The third-order valence-electron chi connectivity index (χ3n) is 6.66. The molecule has 1 atom stereocenters. The summed E-state index contributed by atoms with van der Waals surface area (Å²) in [6.07, 6.45) is -10.4. The van der Waals surface area contributed by atoms with Crippen molar-refractivity contribution in [1.82, 2.24) is 0 Å². The van der Waals surface area contributed by atoms with Crippen LogP contribution in [0.4, 0.5) is 46.5 Å². The van der Waals surface area contributed by atoms with Crippen LogP contribution in [0.5, 0.6) is 0 Å². The largest absolute Gasteiger partial charge is 0.431 e. The van der Waals surface area contributed by atoms with E-state index in [1.165, 1.54) is 50.2 Å². The molecule has 0 heterocycles. The highest BCUT2D eigenvalue weighted by Crippen LogP contribution is 2.49. The number of anilines is 2. The number of alkyl halides is 7. The fraction of sp³-hybridized carbons (Fsp3) is 0.161. The highest BCUT2D eigenvalue weighted by Gasteiger charge is 2.58. The average Bonchev–Trinajstić information content (AvgIpc) is 2.93. The quantitative estimate of drug-likeness (QED) is 0.216. The fourth-order valence-corrected chi connectivity index (χ4v) is 4.47. The van der Waals surface area contributed by atoms with Gasteiger partial charge in [0.15, 0.2) is 0 Å². The van der Waals surface area contributed by atoms with Crippen LogP contribution in [0.1, 0.15) is 48.5 Å². The zero-order chi connectivity index (χ0) is 31.7. The van der Waals surface area contributed by atoms with Crippen molar-refractivity contribution in [2.24, 2.45) is 0 Å². The van der Waals surface area contributed by atoms with Crippen LogP contribution in [0.3, 0.4) is 0 Å². The van der Waals surface area contributed by atoms with Crippen LogP contribution < -0.4 is 10.6 Å².